The van der Waals surface area contributed by atoms with Gasteiger partial charge in [-0.2, -0.15) is 0 Å². The van der Waals surface area contributed by atoms with Gasteiger partial charge in [-0.15, -0.1) is 0 Å². The van der Waals surface area contributed by atoms with Gasteiger partial charge >= 0.3 is 0 Å². The van der Waals surface area contributed by atoms with Gasteiger partial charge in [0, 0.05) is 27.1 Å². The summed E-state index contributed by atoms with van der Waals surface area (Å²) < 4.78 is 2.53. The van der Waals surface area contributed by atoms with Gasteiger partial charge < -0.3 is 9.88 Å². The SMILES string of the molecule is O=C(Cn1ccc(=O)c2ccc(Br)cc21)Nc1cc(Cl)ccc1Cl. The largest absolute Gasteiger partial charge is 0.338 e. The molecule has 0 atom stereocenters. The number of pyridine rings is 1. The van der Waals surface area contributed by atoms with E-state index in [0.29, 0.717) is 26.6 Å². The summed E-state index contributed by atoms with van der Waals surface area (Å²) in [7, 11) is 0. The summed E-state index contributed by atoms with van der Waals surface area (Å²) in [5.74, 6) is -0.274. The van der Waals surface area contributed by atoms with Gasteiger partial charge in [0.15, 0.2) is 5.43 Å². The van der Waals surface area contributed by atoms with Crippen LogP contribution in [0.2, 0.25) is 10.0 Å². The second kappa shape index (κ2) is 6.97. The van der Waals surface area contributed by atoms with Crippen molar-refractivity contribution >= 4 is 61.6 Å². The van der Waals surface area contributed by atoms with Crippen molar-refractivity contribution in [2.24, 2.45) is 0 Å². The Morgan fingerprint density at radius 1 is 1.12 bits per heavy atom. The molecule has 0 unspecified atom stereocenters. The highest BCUT2D eigenvalue weighted by molar-refractivity contribution is 9.10. The van der Waals surface area contributed by atoms with Gasteiger partial charge in [-0.3, -0.25) is 9.59 Å². The lowest BCUT2D eigenvalue weighted by molar-refractivity contribution is -0.116. The third-order valence-electron chi connectivity index (χ3n) is 3.46. The number of rotatable bonds is 3. The molecular weight excluding hydrogens is 415 g/mol. The highest BCUT2D eigenvalue weighted by Gasteiger charge is 2.10. The monoisotopic (exact) mass is 424 g/mol. The average Bonchev–Trinajstić information content (AvgIpc) is 2.53. The molecule has 0 fully saturated rings. The number of nitrogens with one attached hydrogen (secondary N) is 1. The highest BCUT2D eigenvalue weighted by atomic mass is 79.9. The Bertz CT molecular complexity index is 1000. The van der Waals surface area contributed by atoms with Gasteiger partial charge in [0.2, 0.25) is 5.91 Å². The van der Waals surface area contributed by atoms with E-state index in [-0.39, 0.29) is 17.9 Å². The number of anilines is 1. The molecule has 0 spiro atoms. The molecule has 3 aromatic rings. The van der Waals surface area contributed by atoms with Crippen molar-refractivity contribution in [3.8, 4) is 0 Å². The van der Waals surface area contributed by atoms with Gasteiger partial charge in [-0.1, -0.05) is 39.1 Å². The van der Waals surface area contributed by atoms with Crippen LogP contribution in [0.4, 0.5) is 5.69 Å². The maximum absolute atomic E-state index is 12.3. The second-order valence-corrected chi connectivity index (χ2v) is 6.90. The Morgan fingerprint density at radius 2 is 1.92 bits per heavy atom. The minimum Gasteiger partial charge on any atom is -0.338 e. The molecule has 0 saturated heterocycles. The van der Waals surface area contributed by atoms with E-state index in [1.807, 2.05) is 0 Å². The predicted molar refractivity (Wildman–Crippen MR) is 101 cm³/mol. The molecule has 122 valence electrons. The van der Waals surface area contributed by atoms with Gasteiger partial charge in [0.1, 0.15) is 6.54 Å². The molecule has 1 N–H and O–H groups in total. The molecule has 2 aromatic carbocycles. The standard InChI is InChI=1S/C17H11BrCl2N2O2/c18-10-1-3-12-15(7-10)22(6-5-16(12)23)9-17(24)21-14-8-11(19)2-4-13(14)20/h1-8H,9H2,(H,21,24). The van der Waals surface area contributed by atoms with E-state index in [4.69, 9.17) is 23.2 Å². The normalized spacial score (nSPS) is 10.8. The number of aromatic nitrogens is 1. The summed E-state index contributed by atoms with van der Waals surface area (Å²) >= 11 is 15.4. The smallest absolute Gasteiger partial charge is 0.244 e. The summed E-state index contributed by atoms with van der Waals surface area (Å²) in [5.41, 5.74) is 1.02. The summed E-state index contributed by atoms with van der Waals surface area (Å²) in [6, 6.07) is 11.6. The number of benzene rings is 2. The molecular formula is C17H11BrCl2N2O2. The first-order chi connectivity index (χ1) is 11.4. The van der Waals surface area contributed by atoms with Crippen molar-refractivity contribution in [1.29, 1.82) is 0 Å². The van der Waals surface area contributed by atoms with E-state index in [0.717, 1.165) is 4.47 Å². The topological polar surface area (TPSA) is 51.1 Å². The van der Waals surface area contributed by atoms with Crippen molar-refractivity contribution in [2.45, 2.75) is 6.54 Å². The zero-order valence-electron chi connectivity index (χ0n) is 12.2. The van der Waals surface area contributed by atoms with Gasteiger partial charge in [0.25, 0.3) is 0 Å². The van der Waals surface area contributed by atoms with E-state index < -0.39 is 0 Å². The van der Waals surface area contributed by atoms with E-state index >= 15 is 0 Å². The van der Waals surface area contributed by atoms with Crippen LogP contribution in [-0.4, -0.2) is 10.5 Å². The maximum atomic E-state index is 12.3. The first-order valence-electron chi connectivity index (χ1n) is 6.97. The van der Waals surface area contributed by atoms with Gasteiger partial charge in [-0.25, -0.2) is 0 Å². The fourth-order valence-electron chi connectivity index (χ4n) is 2.35. The van der Waals surface area contributed by atoms with Gasteiger partial charge in [0.05, 0.1) is 16.2 Å². The van der Waals surface area contributed by atoms with Crippen molar-refractivity contribution in [1.82, 2.24) is 4.57 Å². The molecule has 1 heterocycles. The van der Waals surface area contributed by atoms with Gasteiger partial charge in [-0.05, 0) is 36.4 Å². The van der Waals surface area contributed by atoms with Crippen LogP contribution in [-0.2, 0) is 11.3 Å². The first kappa shape index (κ1) is 17.0. The molecule has 0 aliphatic carbocycles. The Labute approximate surface area is 156 Å². The number of amides is 1. The van der Waals surface area contributed by atoms with E-state index in [1.54, 1.807) is 47.2 Å². The Hall–Kier alpha value is -1.82. The maximum Gasteiger partial charge on any atom is 0.244 e. The highest BCUT2D eigenvalue weighted by Crippen LogP contribution is 2.25. The van der Waals surface area contributed by atoms with Crippen LogP contribution in [0.1, 0.15) is 0 Å². The Balaban J connectivity index is 1.91. The number of carbonyl (C=O) groups excluding carboxylic acids is 1. The summed E-state index contributed by atoms with van der Waals surface area (Å²) in [6.07, 6.45) is 1.59. The lowest BCUT2D eigenvalue weighted by atomic mass is 10.2. The van der Waals surface area contributed by atoms with Crippen LogP contribution in [0.25, 0.3) is 10.9 Å². The molecule has 1 amide bonds. The summed E-state index contributed by atoms with van der Waals surface area (Å²) in [4.78, 5) is 24.3. The molecule has 0 aliphatic heterocycles. The zero-order chi connectivity index (χ0) is 17.3. The number of carbonyl (C=O) groups is 1. The molecule has 7 heteroatoms. The van der Waals surface area contributed by atoms with Crippen molar-refractivity contribution in [2.75, 3.05) is 5.32 Å². The minimum atomic E-state index is -0.274. The van der Waals surface area contributed by atoms with Crippen LogP contribution in [0, 0.1) is 0 Å². The second-order valence-electron chi connectivity index (χ2n) is 5.14. The number of hydrogen-bond donors (Lipinski definition) is 1. The van der Waals surface area contributed by atoms with Crippen molar-refractivity contribution in [3.63, 3.8) is 0 Å². The molecule has 0 aliphatic rings. The van der Waals surface area contributed by atoms with Crippen molar-refractivity contribution in [3.05, 3.63) is 73.4 Å². The molecule has 0 radical (unpaired) electrons. The Morgan fingerprint density at radius 3 is 2.71 bits per heavy atom. The quantitative estimate of drug-likeness (QED) is 0.660. The van der Waals surface area contributed by atoms with E-state index in [9.17, 15) is 9.59 Å². The summed E-state index contributed by atoms with van der Waals surface area (Å²) in [6.45, 7) is 0.0378. The van der Waals surface area contributed by atoms with Crippen molar-refractivity contribution < 1.29 is 4.79 Å². The number of fused-ring (bicyclic) bond motifs is 1. The molecule has 0 bridgehead atoms. The Kier molecular flexibility index (Phi) is 4.94. The average molecular weight is 426 g/mol. The van der Waals surface area contributed by atoms with Crippen LogP contribution >= 0.6 is 39.1 Å². The zero-order valence-corrected chi connectivity index (χ0v) is 15.3. The third-order valence-corrected chi connectivity index (χ3v) is 4.51. The fourth-order valence-corrected chi connectivity index (χ4v) is 3.04. The molecule has 3 rings (SSSR count). The number of halogens is 3. The minimum absolute atomic E-state index is 0.0378. The summed E-state index contributed by atoms with van der Waals surface area (Å²) in [5, 5.41) is 4.16. The number of hydrogen-bond acceptors (Lipinski definition) is 2. The van der Waals surface area contributed by atoms with E-state index in [1.165, 1.54) is 6.07 Å². The number of nitrogens with zero attached hydrogens (tertiary/aromatic N) is 1. The molecule has 24 heavy (non-hydrogen) atoms. The lowest BCUT2D eigenvalue weighted by Gasteiger charge is -2.12. The van der Waals surface area contributed by atoms with Crippen LogP contribution in [0.5, 0.6) is 0 Å². The molecule has 4 nitrogen and oxygen atoms in total. The third kappa shape index (κ3) is 3.64. The predicted octanol–water partition coefficient (Wildman–Crippen LogP) is 4.71. The molecule has 1 aromatic heterocycles. The fraction of sp³-hybridized carbons (Fsp3) is 0.0588. The molecule has 0 saturated carbocycles. The van der Waals surface area contributed by atoms with E-state index in [2.05, 4.69) is 21.2 Å². The van der Waals surface area contributed by atoms with Crippen LogP contribution < -0.4 is 10.7 Å². The first-order valence-corrected chi connectivity index (χ1v) is 8.52. The van der Waals surface area contributed by atoms with Crippen LogP contribution in [0.3, 0.4) is 0 Å². The lowest BCUT2D eigenvalue weighted by Crippen LogP contribution is -2.20. The van der Waals surface area contributed by atoms with Crippen LogP contribution in [0.15, 0.2) is 57.9 Å².